The molecule has 0 fully saturated rings. The number of nitrogens with two attached hydrogens (primary N) is 1. The van der Waals surface area contributed by atoms with Crippen LogP contribution in [0.1, 0.15) is 33.4 Å². The fraction of sp³-hybridized carbons (Fsp3) is 0.294. The van der Waals surface area contributed by atoms with Gasteiger partial charge in [0.2, 0.25) is 5.82 Å². The Morgan fingerprint density at radius 2 is 1.74 bits per heavy atom. The third-order valence-electron chi connectivity index (χ3n) is 4.14. The molecule has 1 aliphatic heterocycles. The van der Waals surface area contributed by atoms with Gasteiger partial charge in [0.15, 0.2) is 0 Å². The van der Waals surface area contributed by atoms with Gasteiger partial charge in [0.05, 0.1) is 23.9 Å². The maximum atomic E-state index is 13.6. The second kappa shape index (κ2) is 7.64. The Balaban J connectivity index is 1.82. The Bertz CT molecular complexity index is 964. The first-order valence-electron chi connectivity index (χ1n) is 8.22. The molecule has 2 heterocycles. The fourth-order valence-electron chi connectivity index (χ4n) is 2.86. The number of hydrogen-bond acceptors (Lipinski definition) is 6. The lowest BCUT2D eigenvalue weighted by Crippen LogP contribution is -2.38. The van der Waals surface area contributed by atoms with Crippen molar-refractivity contribution in [2.75, 3.05) is 19.7 Å². The van der Waals surface area contributed by atoms with Crippen LogP contribution in [0.15, 0.2) is 40.1 Å². The number of carbonyl (C=O) groups excluding carboxylic acids is 2. The molecule has 0 spiro atoms. The molecule has 1 aromatic heterocycles. The van der Waals surface area contributed by atoms with Crippen LogP contribution in [0.2, 0.25) is 0 Å². The van der Waals surface area contributed by atoms with Gasteiger partial charge in [0.1, 0.15) is 6.23 Å². The van der Waals surface area contributed by atoms with Gasteiger partial charge in [0.25, 0.3) is 17.4 Å². The molecular formula is C17H17FN4O5. The number of benzene rings is 1. The standard InChI is InChI=1S/C17H17FN4O5/c18-12-9-22(17(26)20-14(12)23)13(27-8-6-19)5-7-21-15(24)10-3-1-2-4-11(10)16(21)25/h1-4,9,13H,5-8,19H2,(H,20,23,26). The lowest BCUT2D eigenvalue weighted by Gasteiger charge is -2.22. The van der Waals surface area contributed by atoms with Crippen molar-refractivity contribution >= 4 is 11.8 Å². The topological polar surface area (TPSA) is 127 Å². The molecule has 1 unspecified atom stereocenters. The summed E-state index contributed by atoms with van der Waals surface area (Å²) in [7, 11) is 0. The monoisotopic (exact) mass is 376 g/mol. The SMILES string of the molecule is NCCOC(CCN1C(=O)c2ccccc2C1=O)n1cc(F)c(=O)[nH]c1=O. The Kier molecular flexibility index (Phi) is 5.28. The molecule has 3 N–H and O–H groups in total. The van der Waals surface area contributed by atoms with E-state index in [0.717, 1.165) is 15.7 Å². The number of nitrogens with one attached hydrogen (secondary N) is 1. The van der Waals surface area contributed by atoms with E-state index in [9.17, 15) is 23.6 Å². The van der Waals surface area contributed by atoms with E-state index in [1.165, 1.54) is 0 Å². The number of H-pyrrole nitrogens is 1. The normalized spacial score (nSPS) is 14.5. The number of imide groups is 1. The highest BCUT2D eigenvalue weighted by atomic mass is 19.1. The third kappa shape index (κ3) is 3.57. The largest absolute Gasteiger partial charge is 0.356 e. The van der Waals surface area contributed by atoms with Crippen molar-refractivity contribution in [3.05, 3.63) is 68.2 Å². The molecule has 10 heteroatoms. The minimum Gasteiger partial charge on any atom is -0.356 e. The molecule has 1 aromatic carbocycles. The number of aromatic nitrogens is 2. The molecular weight excluding hydrogens is 359 g/mol. The molecule has 9 nitrogen and oxygen atoms in total. The maximum Gasteiger partial charge on any atom is 0.330 e. The maximum absolute atomic E-state index is 13.6. The van der Waals surface area contributed by atoms with E-state index in [1.54, 1.807) is 24.3 Å². The van der Waals surface area contributed by atoms with Crippen LogP contribution in [-0.4, -0.2) is 46.0 Å². The zero-order valence-electron chi connectivity index (χ0n) is 14.2. The first-order chi connectivity index (χ1) is 12.9. The molecule has 0 bridgehead atoms. The van der Waals surface area contributed by atoms with Gasteiger partial charge in [-0.1, -0.05) is 12.1 Å². The summed E-state index contributed by atoms with van der Waals surface area (Å²) in [6.07, 6.45) is -0.279. The average molecular weight is 376 g/mol. The summed E-state index contributed by atoms with van der Waals surface area (Å²) in [4.78, 5) is 50.9. The lowest BCUT2D eigenvalue weighted by atomic mass is 10.1. The minimum absolute atomic E-state index is 0.0108. The van der Waals surface area contributed by atoms with Crippen molar-refractivity contribution in [1.82, 2.24) is 14.5 Å². The van der Waals surface area contributed by atoms with E-state index in [2.05, 4.69) is 0 Å². The van der Waals surface area contributed by atoms with Gasteiger partial charge in [-0.15, -0.1) is 0 Å². The van der Waals surface area contributed by atoms with Crippen molar-refractivity contribution in [3.63, 3.8) is 0 Å². The predicted molar refractivity (Wildman–Crippen MR) is 91.8 cm³/mol. The molecule has 0 radical (unpaired) electrons. The van der Waals surface area contributed by atoms with Crippen LogP contribution in [0, 0.1) is 5.82 Å². The van der Waals surface area contributed by atoms with Crippen molar-refractivity contribution in [1.29, 1.82) is 0 Å². The zero-order valence-corrected chi connectivity index (χ0v) is 14.2. The lowest BCUT2D eigenvalue weighted by molar-refractivity contribution is -0.00734. The molecule has 2 aromatic rings. The molecule has 142 valence electrons. The molecule has 3 rings (SSSR count). The minimum atomic E-state index is -1.16. The van der Waals surface area contributed by atoms with Crippen LogP contribution < -0.4 is 17.0 Å². The number of carbonyl (C=O) groups is 2. The summed E-state index contributed by atoms with van der Waals surface area (Å²) >= 11 is 0. The van der Waals surface area contributed by atoms with Crippen LogP contribution in [0.3, 0.4) is 0 Å². The van der Waals surface area contributed by atoms with Crippen LogP contribution in [0.25, 0.3) is 0 Å². The van der Waals surface area contributed by atoms with E-state index in [0.29, 0.717) is 11.1 Å². The van der Waals surface area contributed by atoms with Crippen molar-refractivity contribution in [2.45, 2.75) is 12.6 Å². The highest BCUT2D eigenvalue weighted by Gasteiger charge is 2.35. The van der Waals surface area contributed by atoms with E-state index < -0.39 is 35.1 Å². The molecule has 0 saturated heterocycles. The number of hydrogen-bond donors (Lipinski definition) is 2. The second-order valence-corrected chi connectivity index (χ2v) is 5.85. The Hall–Kier alpha value is -3.11. The number of halogens is 1. The van der Waals surface area contributed by atoms with Crippen molar-refractivity contribution in [2.24, 2.45) is 5.73 Å². The first-order valence-corrected chi connectivity index (χ1v) is 8.22. The van der Waals surface area contributed by atoms with Crippen LogP contribution in [0.5, 0.6) is 0 Å². The summed E-state index contributed by atoms with van der Waals surface area (Å²) < 4.78 is 19.9. The first kappa shape index (κ1) is 18.7. The third-order valence-corrected chi connectivity index (χ3v) is 4.14. The summed E-state index contributed by atoms with van der Waals surface area (Å²) in [5.74, 6) is -2.06. The number of rotatable bonds is 7. The number of fused-ring (bicyclic) bond motifs is 1. The van der Waals surface area contributed by atoms with Crippen LogP contribution >= 0.6 is 0 Å². The number of nitrogens with zero attached hydrogens (tertiary/aromatic N) is 2. The summed E-state index contributed by atoms with van der Waals surface area (Å²) in [5.41, 5.74) is 3.99. The van der Waals surface area contributed by atoms with Crippen LogP contribution in [0.4, 0.5) is 4.39 Å². The molecule has 0 saturated carbocycles. The number of amides is 2. The van der Waals surface area contributed by atoms with Gasteiger partial charge < -0.3 is 10.5 Å². The smallest absolute Gasteiger partial charge is 0.330 e. The molecule has 1 aliphatic rings. The van der Waals surface area contributed by atoms with Crippen molar-refractivity contribution in [3.8, 4) is 0 Å². The molecule has 0 aliphatic carbocycles. The van der Waals surface area contributed by atoms with Gasteiger partial charge in [-0.2, -0.15) is 4.39 Å². The second-order valence-electron chi connectivity index (χ2n) is 5.85. The van der Waals surface area contributed by atoms with Gasteiger partial charge >= 0.3 is 5.69 Å². The summed E-state index contributed by atoms with van der Waals surface area (Å²) in [6, 6.07) is 6.42. The average Bonchev–Trinajstić information content (AvgIpc) is 2.90. The highest BCUT2D eigenvalue weighted by molar-refractivity contribution is 6.21. The van der Waals surface area contributed by atoms with Gasteiger partial charge in [-0.3, -0.25) is 28.8 Å². The predicted octanol–water partition coefficient (Wildman–Crippen LogP) is -0.164. The van der Waals surface area contributed by atoms with E-state index >= 15 is 0 Å². The van der Waals surface area contributed by atoms with E-state index in [1.807, 2.05) is 4.98 Å². The van der Waals surface area contributed by atoms with E-state index in [4.69, 9.17) is 10.5 Å². The summed E-state index contributed by atoms with van der Waals surface area (Å²) in [5, 5.41) is 0. The van der Waals surface area contributed by atoms with Crippen LogP contribution in [-0.2, 0) is 4.74 Å². The number of aromatic amines is 1. The molecule has 27 heavy (non-hydrogen) atoms. The fourth-order valence-corrected chi connectivity index (χ4v) is 2.86. The van der Waals surface area contributed by atoms with Gasteiger partial charge in [-0.25, -0.2) is 4.79 Å². The Labute approximate surface area is 152 Å². The Morgan fingerprint density at radius 3 is 2.33 bits per heavy atom. The quantitative estimate of drug-likeness (QED) is 0.646. The zero-order chi connectivity index (χ0) is 19.6. The molecule has 2 amide bonds. The highest BCUT2D eigenvalue weighted by Crippen LogP contribution is 2.24. The summed E-state index contributed by atoms with van der Waals surface area (Å²) in [6.45, 7) is 0.138. The Morgan fingerprint density at radius 1 is 1.11 bits per heavy atom. The molecule has 1 atom stereocenters. The number of ether oxygens (including phenoxy) is 1. The van der Waals surface area contributed by atoms with Gasteiger partial charge in [-0.05, 0) is 12.1 Å². The van der Waals surface area contributed by atoms with Gasteiger partial charge in [0, 0.05) is 19.5 Å². The van der Waals surface area contributed by atoms with Crippen molar-refractivity contribution < 1.29 is 18.7 Å². The van der Waals surface area contributed by atoms with E-state index in [-0.39, 0.29) is 26.1 Å².